The minimum Gasteiger partial charge on any atom is -0.452 e. The van der Waals surface area contributed by atoms with E-state index >= 15 is 0 Å². The maximum absolute atomic E-state index is 6.29. The van der Waals surface area contributed by atoms with Crippen LogP contribution in [-0.4, -0.2) is 19.9 Å². The molecular weight excluding hydrogens is 544 g/mol. The van der Waals surface area contributed by atoms with Gasteiger partial charge in [-0.1, -0.05) is 103 Å². The molecular formula is C38H22N4O2. The van der Waals surface area contributed by atoms with Gasteiger partial charge in [-0.15, -0.1) is 0 Å². The van der Waals surface area contributed by atoms with Crippen LogP contribution >= 0.6 is 0 Å². The van der Waals surface area contributed by atoms with Crippen LogP contribution < -0.4 is 0 Å². The highest BCUT2D eigenvalue weighted by atomic mass is 16.3. The number of furan rings is 2. The first-order chi connectivity index (χ1) is 21.8. The van der Waals surface area contributed by atoms with E-state index in [0.29, 0.717) is 22.8 Å². The van der Waals surface area contributed by atoms with Crippen LogP contribution in [0.5, 0.6) is 0 Å². The molecule has 4 heterocycles. The van der Waals surface area contributed by atoms with Gasteiger partial charge in [0.15, 0.2) is 22.8 Å². The third-order valence-electron chi connectivity index (χ3n) is 7.91. The van der Waals surface area contributed by atoms with E-state index in [9.17, 15) is 0 Å². The van der Waals surface area contributed by atoms with Crippen LogP contribution in [-0.2, 0) is 0 Å². The highest BCUT2D eigenvalue weighted by Crippen LogP contribution is 2.38. The monoisotopic (exact) mass is 566 g/mol. The lowest BCUT2D eigenvalue weighted by Gasteiger charge is -2.09. The zero-order chi connectivity index (χ0) is 29.0. The third kappa shape index (κ3) is 3.89. The molecule has 0 saturated heterocycles. The molecule has 0 radical (unpaired) electrons. The van der Waals surface area contributed by atoms with E-state index < -0.39 is 0 Å². The highest BCUT2D eigenvalue weighted by Gasteiger charge is 2.20. The van der Waals surface area contributed by atoms with Crippen molar-refractivity contribution in [1.82, 2.24) is 19.9 Å². The summed E-state index contributed by atoms with van der Waals surface area (Å²) in [5, 5.41) is 1.90. The number of hydrogen-bond donors (Lipinski definition) is 0. The maximum Gasteiger partial charge on any atom is 0.180 e. The van der Waals surface area contributed by atoms with Crippen molar-refractivity contribution in [3.63, 3.8) is 0 Å². The number of para-hydroxylation sites is 2. The molecule has 44 heavy (non-hydrogen) atoms. The standard InChI is InChI=1S/C38H22N4O2/c1-3-12-23(13-4-1)31-35-33(27-18-7-9-20-29(27)43-35)41-37(39-31)25-16-11-17-26(22-25)38-40-32(24-14-5-2-6-15-24)36-34(42-38)28-19-8-10-21-30(28)44-36/h1-22H. The Morgan fingerprint density at radius 1 is 0.364 bits per heavy atom. The second-order valence-electron chi connectivity index (χ2n) is 10.7. The van der Waals surface area contributed by atoms with E-state index in [4.69, 9.17) is 28.8 Å². The first-order valence-electron chi connectivity index (χ1n) is 14.4. The zero-order valence-electron chi connectivity index (χ0n) is 23.3. The molecule has 0 saturated carbocycles. The van der Waals surface area contributed by atoms with E-state index in [1.807, 2.05) is 127 Å². The summed E-state index contributed by atoms with van der Waals surface area (Å²) < 4.78 is 12.6. The average molecular weight is 567 g/mol. The fraction of sp³-hybridized carbons (Fsp3) is 0. The van der Waals surface area contributed by atoms with Crippen molar-refractivity contribution < 1.29 is 8.83 Å². The van der Waals surface area contributed by atoms with Crippen molar-refractivity contribution in [3.8, 4) is 45.3 Å². The van der Waals surface area contributed by atoms with E-state index in [2.05, 4.69) is 6.07 Å². The Bertz CT molecular complexity index is 2330. The minimum absolute atomic E-state index is 0.600. The molecule has 6 heteroatoms. The summed E-state index contributed by atoms with van der Waals surface area (Å²) in [6.45, 7) is 0. The fourth-order valence-electron chi connectivity index (χ4n) is 5.82. The number of fused-ring (bicyclic) bond motifs is 6. The summed E-state index contributed by atoms with van der Waals surface area (Å²) in [7, 11) is 0. The molecule has 0 fully saturated rings. The van der Waals surface area contributed by atoms with E-state index in [1.165, 1.54) is 0 Å². The third-order valence-corrected chi connectivity index (χ3v) is 7.91. The predicted octanol–water partition coefficient (Wildman–Crippen LogP) is 9.73. The summed E-state index contributed by atoms with van der Waals surface area (Å²) in [4.78, 5) is 20.2. The largest absolute Gasteiger partial charge is 0.452 e. The fourth-order valence-corrected chi connectivity index (χ4v) is 5.82. The van der Waals surface area contributed by atoms with E-state index in [-0.39, 0.29) is 0 Å². The normalized spacial score (nSPS) is 11.6. The van der Waals surface area contributed by atoms with Crippen molar-refractivity contribution >= 4 is 44.1 Å². The Hall–Kier alpha value is -6.14. The van der Waals surface area contributed by atoms with E-state index in [1.54, 1.807) is 0 Å². The van der Waals surface area contributed by atoms with Gasteiger partial charge in [-0.2, -0.15) is 0 Å². The van der Waals surface area contributed by atoms with Gasteiger partial charge in [-0.25, -0.2) is 19.9 Å². The molecule has 0 aliphatic rings. The highest BCUT2D eigenvalue weighted by molar-refractivity contribution is 6.08. The van der Waals surface area contributed by atoms with Gasteiger partial charge in [0.2, 0.25) is 0 Å². The van der Waals surface area contributed by atoms with Crippen molar-refractivity contribution in [1.29, 1.82) is 0 Å². The lowest BCUT2D eigenvalue weighted by atomic mass is 10.1. The summed E-state index contributed by atoms with van der Waals surface area (Å²) in [5.41, 5.74) is 9.60. The Morgan fingerprint density at radius 3 is 1.25 bits per heavy atom. The van der Waals surface area contributed by atoms with Gasteiger partial charge in [0, 0.05) is 33.0 Å². The minimum atomic E-state index is 0.600. The maximum atomic E-state index is 6.29. The summed E-state index contributed by atoms with van der Waals surface area (Å²) in [5.74, 6) is 1.20. The molecule has 4 aromatic heterocycles. The summed E-state index contributed by atoms with van der Waals surface area (Å²) in [6, 6.07) is 44.2. The first kappa shape index (κ1) is 24.5. The van der Waals surface area contributed by atoms with Crippen LogP contribution in [0.4, 0.5) is 0 Å². The van der Waals surface area contributed by atoms with Crippen LogP contribution in [0, 0.1) is 0 Å². The Kier molecular flexibility index (Phi) is 5.40. The molecule has 0 unspecified atom stereocenters. The van der Waals surface area contributed by atoms with Gasteiger partial charge in [0.1, 0.15) is 33.6 Å². The molecule has 0 bridgehead atoms. The second-order valence-corrected chi connectivity index (χ2v) is 10.7. The number of benzene rings is 5. The zero-order valence-corrected chi connectivity index (χ0v) is 23.3. The van der Waals surface area contributed by atoms with Gasteiger partial charge in [0.25, 0.3) is 0 Å². The molecule has 0 amide bonds. The van der Waals surface area contributed by atoms with Crippen molar-refractivity contribution in [2.45, 2.75) is 0 Å². The number of rotatable bonds is 4. The van der Waals surface area contributed by atoms with Gasteiger partial charge >= 0.3 is 0 Å². The van der Waals surface area contributed by atoms with Crippen molar-refractivity contribution in [2.75, 3.05) is 0 Å². The van der Waals surface area contributed by atoms with Crippen LogP contribution in [0.1, 0.15) is 0 Å². The molecule has 9 rings (SSSR count). The quantitative estimate of drug-likeness (QED) is 0.211. The smallest absolute Gasteiger partial charge is 0.180 e. The molecule has 5 aromatic carbocycles. The van der Waals surface area contributed by atoms with Crippen molar-refractivity contribution in [2.24, 2.45) is 0 Å². The number of aromatic nitrogens is 4. The van der Waals surface area contributed by atoms with Crippen LogP contribution in [0.15, 0.2) is 142 Å². The Morgan fingerprint density at radius 2 is 0.773 bits per heavy atom. The molecule has 0 atom stereocenters. The second kappa shape index (κ2) is 9.71. The van der Waals surface area contributed by atoms with Crippen LogP contribution in [0.25, 0.3) is 89.4 Å². The molecule has 0 aliphatic carbocycles. The number of hydrogen-bond acceptors (Lipinski definition) is 6. The molecule has 0 N–H and O–H groups in total. The molecule has 0 spiro atoms. The molecule has 0 aliphatic heterocycles. The van der Waals surface area contributed by atoms with Crippen LogP contribution in [0.2, 0.25) is 0 Å². The topological polar surface area (TPSA) is 77.8 Å². The molecule has 6 nitrogen and oxygen atoms in total. The lowest BCUT2D eigenvalue weighted by molar-refractivity contribution is 0.667. The predicted molar refractivity (Wildman–Crippen MR) is 174 cm³/mol. The number of nitrogens with zero attached hydrogens (tertiary/aromatic N) is 4. The van der Waals surface area contributed by atoms with Gasteiger partial charge in [0.05, 0.1) is 0 Å². The first-order valence-corrected chi connectivity index (χ1v) is 14.4. The molecule has 9 aromatic rings. The lowest BCUT2D eigenvalue weighted by Crippen LogP contribution is -1.96. The SMILES string of the molecule is c1ccc(-c2nc(-c3cccc(-c4nc(-c5ccccc5)c5oc6ccccc6c5n4)c3)nc3c2oc2ccccc23)cc1. The van der Waals surface area contributed by atoms with Gasteiger partial charge in [-0.05, 0) is 30.3 Å². The van der Waals surface area contributed by atoms with E-state index in [0.717, 1.165) is 66.6 Å². The van der Waals surface area contributed by atoms with Crippen LogP contribution in [0.3, 0.4) is 0 Å². The summed E-state index contributed by atoms with van der Waals surface area (Å²) >= 11 is 0. The summed E-state index contributed by atoms with van der Waals surface area (Å²) in [6.07, 6.45) is 0. The van der Waals surface area contributed by atoms with Gasteiger partial charge in [-0.3, -0.25) is 0 Å². The Labute approximate surface area is 251 Å². The van der Waals surface area contributed by atoms with Crippen molar-refractivity contribution in [3.05, 3.63) is 133 Å². The average Bonchev–Trinajstić information content (AvgIpc) is 3.67. The van der Waals surface area contributed by atoms with Gasteiger partial charge < -0.3 is 8.83 Å². The molecule has 206 valence electrons. The Balaban J connectivity index is 1.26.